The number of anilines is 2. The van der Waals surface area contributed by atoms with Crippen molar-refractivity contribution in [2.24, 2.45) is 5.73 Å². The van der Waals surface area contributed by atoms with E-state index in [1.165, 1.54) is 0 Å². The van der Waals surface area contributed by atoms with E-state index >= 15 is 0 Å². The average Bonchev–Trinajstić information content (AvgIpc) is 2.41. The van der Waals surface area contributed by atoms with Gasteiger partial charge in [0.2, 0.25) is 5.91 Å². The van der Waals surface area contributed by atoms with Gasteiger partial charge in [0, 0.05) is 11.4 Å². The van der Waals surface area contributed by atoms with E-state index < -0.39 is 6.03 Å². The summed E-state index contributed by atoms with van der Waals surface area (Å²) in [7, 11) is 0. The lowest BCUT2D eigenvalue weighted by Gasteiger charge is -2.22. The highest BCUT2D eigenvalue weighted by molar-refractivity contribution is 5.95. The molecule has 0 unspecified atom stereocenters. The standard InChI is InChI=1S/C13H18N4O2.ClH/c14-13(19)17-10-6-4-9(5-7-10)16-12(18)11-3-1-2-8-15-11;/h4-7,11,15H,1-3,8H2,(H,16,18)(H3,14,17,19);1H/t11-;/m1./s1. The Kier molecular flexibility index (Phi) is 6.27. The van der Waals surface area contributed by atoms with Crippen LogP contribution in [0.5, 0.6) is 0 Å². The highest BCUT2D eigenvalue weighted by Crippen LogP contribution is 2.15. The van der Waals surface area contributed by atoms with Crippen molar-refractivity contribution in [2.45, 2.75) is 25.3 Å². The molecule has 1 heterocycles. The molecule has 1 fully saturated rings. The van der Waals surface area contributed by atoms with E-state index in [0.717, 1.165) is 25.8 Å². The lowest BCUT2D eigenvalue weighted by atomic mass is 10.0. The SMILES string of the molecule is Cl.NC(=O)Nc1ccc(NC(=O)[C@H]2CCCCN2)cc1. The van der Waals surface area contributed by atoms with Crippen LogP contribution in [0.2, 0.25) is 0 Å². The summed E-state index contributed by atoms with van der Waals surface area (Å²) in [5, 5.41) is 8.50. The number of carbonyl (C=O) groups excluding carboxylic acids is 2. The largest absolute Gasteiger partial charge is 0.351 e. The maximum atomic E-state index is 12.0. The number of primary amides is 1. The predicted octanol–water partition coefficient (Wildman–Crippen LogP) is 1.68. The molecule has 20 heavy (non-hydrogen) atoms. The van der Waals surface area contributed by atoms with Crippen LogP contribution >= 0.6 is 12.4 Å². The summed E-state index contributed by atoms with van der Waals surface area (Å²) in [5.74, 6) is -0.0182. The van der Waals surface area contributed by atoms with Crippen LogP contribution in [-0.4, -0.2) is 24.5 Å². The van der Waals surface area contributed by atoms with Gasteiger partial charge < -0.3 is 21.7 Å². The summed E-state index contributed by atoms with van der Waals surface area (Å²) in [4.78, 5) is 22.6. The molecule has 0 radical (unpaired) electrons. The maximum Gasteiger partial charge on any atom is 0.316 e. The number of benzene rings is 1. The van der Waals surface area contributed by atoms with Crippen LogP contribution in [0.3, 0.4) is 0 Å². The van der Waals surface area contributed by atoms with Gasteiger partial charge in [0.1, 0.15) is 0 Å². The normalized spacial score (nSPS) is 17.7. The second-order valence-electron chi connectivity index (χ2n) is 4.56. The number of amides is 3. The van der Waals surface area contributed by atoms with Gasteiger partial charge >= 0.3 is 6.03 Å². The lowest BCUT2D eigenvalue weighted by molar-refractivity contribution is -0.118. The number of nitrogens with one attached hydrogen (secondary N) is 3. The molecule has 5 N–H and O–H groups in total. The van der Waals surface area contributed by atoms with E-state index in [9.17, 15) is 9.59 Å². The molecule has 1 aromatic rings. The Hall–Kier alpha value is -1.79. The van der Waals surface area contributed by atoms with E-state index in [-0.39, 0.29) is 24.4 Å². The molecule has 0 aliphatic carbocycles. The van der Waals surface area contributed by atoms with Crippen LogP contribution < -0.4 is 21.7 Å². The Morgan fingerprint density at radius 3 is 2.20 bits per heavy atom. The highest BCUT2D eigenvalue weighted by Gasteiger charge is 2.20. The van der Waals surface area contributed by atoms with Gasteiger partial charge in [0.25, 0.3) is 0 Å². The van der Waals surface area contributed by atoms with Crippen LogP contribution in [-0.2, 0) is 4.79 Å². The average molecular weight is 299 g/mol. The Morgan fingerprint density at radius 1 is 1.10 bits per heavy atom. The van der Waals surface area contributed by atoms with Gasteiger partial charge in [-0.15, -0.1) is 12.4 Å². The van der Waals surface area contributed by atoms with E-state index in [1.54, 1.807) is 24.3 Å². The zero-order valence-corrected chi connectivity index (χ0v) is 11.8. The number of halogens is 1. The Balaban J connectivity index is 0.00000200. The number of hydrogen-bond donors (Lipinski definition) is 4. The fourth-order valence-electron chi connectivity index (χ4n) is 2.08. The Bertz CT molecular complexity index is 458. The summed E-state index contributed by atoms with van der Waals surface area (Å²) < 4.78 is 0. The van der Waals surface area contributed by atoms with Crippen molar-refractivity contribution in [1.82, 2.24) is 5.32 Å². The van der Waals surface area contributed by atoms with Gasteiger partial charge in [-0.3, -0.25) is 4.79 Å². The number of piperidine rings is 1. The van der Waals surface area contributed by atoms with Crippen LogP contribution in [0.25, 0.3) is 0 Å². The second-order valence-corrected chi connectivity index (χ2v) is 4.56. The number of carbonyl (C=O) groups is 2. The molecule has 0 bridgehead atoms. The molecule has 7 heteroatoms. The van der Waals surface area contributed by atoms with Crippen LogP contribution in [0, 0.1) is 0 Å². The van der Waals surface area contributed by atoms with Crippen LogP contribution in [0.15, 0.2) is 24.3 Å². The van der Waals surface area contributed by atoms with Gasteiger partial charge in [-0.1, -0.05) is 6.42 Å². The number of rotatable bonds is 3. The first kappa shape index (κ1) is 16.3. The van der Waals surface area contributed by atoms with Crippen molar-refractivity contribution < 1.29 is 9.59 Å². The minimum Gasteiger partial charge on any atom is -0.351 e. The van der Waals surface area contributed by atoms with E-state index in [4.69, 9.17) is 5.73 Å². The third-order valence-corrected chi connectivity index (χ3v) is 3.05. The molecule has 1 aliphatic rings. The maximum absolute atomic E-state index is 12.0. The molecule has 1 atom stereocenters. The molecular formula is C13H19ClN4O2. The molecule has 110 valence electrons. The van der Waals surface area contributed by atoms with Crippen molar-refractivity contribution >= 4 is 35.7 Å². The third-order valence-electron chi connectivity index (χ3n) is 3.05. The molecule has 1 aromatic carbocycles. The smallest absolute Gasteiger partial charge is 0.316 e. The molecule has 0 saturated carbocycles. The van der Waals surface area contributed by atoms with Gasteiger partial charge in [-0.25, -0.2) is 4.79 Å². The summed E-state index contributed by atoms with van der Waals surface area (Å²) in [6, 6.07) is 6.11. The fraction of sp³-hybridized carbons (Fsp3) is 0.385. The van der Waals surface area contributed by atoms with Gasteiger partial charge in [0.15, 0.2) is 0 Å². The zero-order chi connectivity index (χ0) is 13.7. The van der Waals surface area contributed by atoms with E-state index in [1.807, 2.05) is 0 Å². The van der Waals surface area contributed by atoms with Gasteiger partial charge in [-0.2, -0.15) is 0 Å². The molecule has 2 rings (SSSR count). The van der Waals surface area contributed by atoms with Crippen molar-refractivity contribution in [2.75, 3.05) is 17.2 Å². The van der Waals surface area contributed by atoms with E-state index in [0.29, 0.717) is 11.4 Å². The van der Waals surface area contributed by atoms with Crippen molar-refractivity contribution in [1.29, 1.82) is 0 Å². The first-order chi connectivity index (χ1) is 9.15. The van der Waals surface area contributed by atoms with Gasteiger partial charge in [-0.05, 0) is 43.7 Å². The Morgan fingerprint density at radius 2 is 1.70 bits per heavy atom. The summed E-state index contributed by atoms with van der Waals surface area (Å²) in [6.45, 7) is 0.888. The number of urea groups is 1. The number of hydrogen-bond acceptors (Lipinski definition) is 3. The molecule has 6 nitrogen and oxygen atoms in total. The third kappa shape index (κ3) is 4.71. The fourth-order valence-corrected chi connectivity index (χ4v) is 2.08. The topological polar surface area (TPSA) is 96.2 Å². The summed E-state index contributed by atoms with van der Waals surface area (Å²) >= 11 is 0. The molecule has 3 amide bonds. The van der Waals surface area contributed by atoms with Gasteiger partial charge in [0.05, 0.1) is 6.04 Å². The summed E-state index contributed by atoms with van der Waals surface area (Å²) in [5.41, 5.74) is 6.31. The molecule has 0 aromatic heterocycles. The minimum atomic E-state index is -0.608. The van der Waals surface area contributed by atoms with Crippen molar-refractivity contribution in [3.8, 4) is 0 Å². The zero-order valence-electron chi connectivity index (χ0n) is 11.0. The quantitative estimate of drug-likeness (QED) is 0.683. The molecule has 1 saturated heterocycles. The molecular weight excluding hydrogens is 280 g/mol. The first-order valence-corrected chi connectivity index (χ1v) is 6.36. The van der Waals surface area contributed by atoms with Crippen LogP contribution in [0.4, 0.5) is 16.2 Å². The molecule has 1 aliphatic heterocycles. The monoisotopic (exact) mass is 298 g/mol. The minimum absolute atomic E-state index is 0. The second kappa shape index (κ2) is 7.72. The Labute approximate surface area is 123 Å². The highest BCUT2D eigenvalue weighted by atomic mass is 35.5. The lowest BCUT2D eigenvalue weighted by Crippen LogP contribution is -2.43. The first-order valence-electron chi connectivity index (χ1n) is 6.36. The summed E-state index contributed by atoms with van der Waals surface area (Å²) in [6.07, 6.45) is 3.07. The predicted molar refractivity (Wildman–Crippen MR) is 81.2 cm³/mol. The number of nitrogens with two attached hydrogens (primary N) is 1. The van der Waals surface area contributed by atoms with E-state index in [2.05, 4.69) is 16.0 Å². The van der Waals surface area contributed by atoms with Crippen LogP contribution in [0.1, 0.15) is 19.3 Å². The molecule has 0 spiro atoms. The van der Waals surface area contributed by atoms with Crippen molar-refractivity contribution in [3.63, 3.8) is 0 Å². The van der Waals surface area contributed by atoms with Crippen molar-refractivity contribution in [3.05, 3.63) is 24.3 Å².